The van der Waals surface area contributed by atoms with E-state index >= 15 is 0 Å². The molecule has 0 fully saturated rings. The fraction of sp³-hybridized carbons (Fsp3) is 0.400. The van der Waals surface area contributed by atoms with E-state index < -0.39 is 0 Å². The molecule has 0 saturated heterocycles. The maximum atomic E-state index is 12.4. The van der Waals surface area contributed by atoms with Gasteiger partial charge in [-0.05, 0) is 55.3 Å². The van der Waals surface area contributed by atoms with Crippen molar-refractivity contribution in [2.24, 2.45) is 5.92 Å². The van der Waals surface area contributed by atoms with Crippen molar-refractivity contribution >= 4 is 23.5 Å². The van der Waals surface area contributed by atoms with Crippen LogP contribution in [-0.2, 0) is 4.79 Å². The van der Waals surface area contributed by atoms with Crippen molar-refractivity contribution in [3.05, 3.63) is 41.1 Å². The SMILES string of the molecule is COc1ccc(-n2c(C)c(C)c(C#N)c2NC(=O)CSCC(C)C)cc1. The van der Waals surface area contributed by atoms with Crippen molar-refractivity contribution in [1.82, 2.24) is 4.57 Å². The molecule has 1 aromatic heterocycles. The zero-order chi connectivity index (χ0) is 19.3. The second-order valence-corrected chi connectivity index (χ2v) is 7.57. The van der Waals surface area contributed by atoms with Gasteiger partial charge in [0.25, 0.3) is 0 Å². The first kappa shape index (κ1) is 19.9. The third kappa shape index (κ3) is 4.41. The molecule has 1 heterocycles. The van der Waals surface area contributed by atoms with Crippen LogP contribution < -0.4 is 10.1 Å². The molecule has 6 heteroatoms. The average molecular weight is 372 g/mol. The fourth-order valence-electron chi connectivity index (χ4n) is 2.67. The van der Waals surface area contributed by atoms with Crippen molar-refractivity contribution in [3.8, 4) is 17.5 Å². The topological polar surface area (TPSA) is 67.1 Å². The fourth-order valence-corrected chi connectivity index (χ4v) is 3.52. The molecule has 0 saturated carbocycles. The van der Waals surface area contributed by atoms with Gasteiger partial charge in [0.15, 0.2) is 0 Å². The molecule has 26 heavy (non-hydrogen) atoms. The third-order valence-electron chi connectivity index (χ3n) is 4.10. The number of nitrogens with zero attached hydrogens (tertiary/aromatic N) is 2. The van der Waals surface area contributed by atoms with Crippen LogP contribution in [0.15, 0.2) is 24.3 Å². The highest BCUT2D eigenvalue weighted by atomic mass is 32.2. The van der Waals surface area contributed by atoms with Gasteiger partial charge in [0.05, 0.1) is 18.4 Å². The highest BCUT2D eigenvalue weighted by Crippen LogP contribution is 2.30. The van der Waals surface area contributed by atoms with Crippen LogP contribution >= 0.6 is 11.8 Å². The van der Waals surface area contributed by atoms with E-state index in [1.54, 1.807) is 18.9 Å². The Morgan fingerprint density at radius 2 is 1.96 bits per heavy atom. The monoisotopic (exact) mass is 371 g/mol. The van der Waals surface area contributed by atoms with Crippen molar-refractivity contribution < 1.29 is 9.53 Å². The largest absolute Gasteiger partial charge is 0.497 e. The molecule has 0 unspecified atom stereocenters. The van der Waals surface area contributed by atoms with Crippen LogP contribution in [0.3, 0.4) is 0 Å². The molecular weight excluding hydrogens is 346 g/mol. The molecule has 2 aromatic rings. The summed E-state index contributed by atoms with van der Waals surface area (Å²) in [6, 6.07) is 9.78. The first-order chi connectivity index (χ1) is 12.4. The van der Waals surface area contributed by atoms with Gasteiger partial charge in [-0.25, -0.2) is 0 Å². The number of methoxy groups -OCH3 is 1. The molecule has 0 aliphatic carbocycles. The molecule has 0 spiro atoms. The number of thioether (sulfide) groups is 1. The van der Waals surface area contributed by atoms with Crippen LogP contribution in [0, 0.1) is 31.1 Å². The standard InChI is InChI=1S/C20H25N3O2S/c1-13(2)11-26-12-19(24)22-20-18(10-21)14(3)15(4)23(20)16-6-8-17(25-5)9-7-16/h6-9,13H,11-12H2,1-5H3,(H,22,24). The number of nitriles is 1. The summed E-state index contributed by atoms with van der Waals surface area (Å²) in [4.78, 5) is 12.4. The number of rotatable bonds is 7. The second-order valence-electron chi connectivity index (χ2n) is 6.54. The molecule has 1 N–H and O–H groups in total. The Morgan fingerprint density at radius 1 is 1.31 bits per heavy atom. The van der Waals surface area contributed by atoms with Crippen LogP contribution in [0.1, 0.15) is 30.7 Å². The molecule has 138 valence electrons. The number of hydrogen-bond acceptors (Lipinski definition) is 4. The van der Waals surface area contributed by atoms with E-state index in [4.69, 9.17) is 4.74 Å². The summed E-state index contributed by atoms with van der Waals surface area (Å²) in [7, 11) is 1.62. The van der Waals surface area contributed by atoms with E-state index in [9.17, 15) is 10.1 Å². The Morgan fingerprint density at radius 3 is 2.50 bits per heavy atom. The minimum Gasteiger partial charge on any atom is -0.497 e. The van der Waals surface area contributed by atoms with Crippen molar-refractivity contribution in [1.29, 1.82) is 5.26 Å². The summed E-state index contributed by atoms with van der Waals surface area (Å²) in [5.74, 6) is 3.02. The highest BCUT2D eigenvalue weighted by Gasteiger charge is 2.20. The van der Waals surface area contributed by atoms with Gasteiger partial charge >= 0.3 is 0 Å². The van der Waals surface area contributed by atoms with Crippen molar-refractivity contribution in [2.75, 3.05) is 23.9 Å². The molecule has 0 atom stereocenters. The molecule has 1 aromatic carbocycles. The highest BCUT2D eigenvalue weighted by molar-refractivity contribution is 7.99. The van der Waals surface area contributed by atoms with Crippen LogP contribution in [-0.4, -0.2) is 29.1 Å². The average Bonchev–Trinajstić information content (AvgIpc) is 2.84. The van der Waals surface area contributed by atoms with E-state index in [1.807, 2.05) is 42.7 Å². The van der Waals surface area contributed by atoms with Crippen LogP contribution in [0.4, 0.5) is 5.82 Å². The summed E-state index contributed by atoms with van der Waals surface area (Å²) in [6.45, 7) is 8.10. The van der Waals surface area contributed by atoms with E-state index in [-0.39, 0.29) is 5.91 Å². The normalized spacial score (nSPS) is 10.7. The summed E-state index contributed by atoms with van der Waals surface area (Å²) in [5, 5.41) is 12.5. The summed E-state index contributed by atoms with van der Waals surface area (Å²) in [5.41, 5.74) is 3.17. The second kappa shape index (κ2) is 8.81. The predicted molar refractivity (Wildman–Crippen MR) is 107 cm³/mol. The molecule has 5 nitrogen and oxygen atoms in total. The lowest BCUT2D eigenvalue weighted by Crippen LogP contribution is -2.18. The Bertz CT molecular complexity index is 817. The number of hydrogen-bond donors (Lipinski definition) is 1. The molecule has 0 radical (unpaired) electrons. The maximum Gasteiger partial charge on any atom is 0.235 e. The lowest BCUT2D eigenvalue weighted by molar-refractivity contribution is -0.113. The molecule has 2 rings (SSSR count). The molecule has 0 aliphatic heterocycles. The minimum atomic E-state index is -0.0978. The van der Waals surface area contributed by atoms with E-state index in [0.717, 1.165) is 28.4 Å². The number of amides is 1. The zero-order valence-electron chi connectivity index (χ0n) is 15.9. The number of carbonyl (C=O) groups is 1. The summed E-state index contributed by atoms with van der Waals surface area (Å²) in [6.07, 6.45) is 0. The number of ether oxygens (including phenoxy) is 1. The summed E-state index contributed by atoms with van der Waals surface area (Å²) >= 11 is 1.60. The number of anilines is 1. The first-order valence-electron chi connectivity index (χ1n) is 8.53. The molecule has 1 amide bonds. The summed E-state index contributed by atoms with van der Waals surface area (Å²) < 4.78 is 7.12. The number of aromatic nitrogens is 1. The Hall–Kier alpha value is -2.39. The lowest BCUT2D eigenvalue weighted by atomic mass is 10.2. The van der Waals surface area contributed by atoms with Gasteiger partial charge in [-0.2, -0.15) is 17.0 Å². The number of nitrogens with one attached hydrogen (secondary N) is 1. The molecule has 0 bridgehead atoms. The van der Waals surface area contributed by atoms with Gasteiger partial charge in [0.2, 0.25) is 5.91 Å². The van der Waals surface area contributed by atoms with Crippen molar-refractivity contribution in [3.63, 3.8) is 0 Å². The maximum absolute atomic E-state index is 12.4. The van der Waals surface area contributed by atoms with Gasteiger partial charge in [-0.1, -0.05) is 13.8 Å². The van der Waals surface area contributed by atoms with E-state index in [0.29, 0.717) is 23.1 Å². The predicted octanol–water partition coefficient (Wildman–Crippen LogP) is 4.30. The third-order valence-corrected chi connectivity index (χ3v) is 5.47. The van der Waals surface area contributed by atoms with Gasteiger partial charge < -0.3 is 10.1 Å². The number of carbonyl (C=O) groups excluding carboxylic acids is 1. The Kier molecular flexibility index (Phi) is 6.76. The minimum absolute atomic E-state index is 0.0978. The van der Waals surface area contributed by atoms with Crippen LogP contribution in [0.2, 0.25) is 0 Å². The first-order valence-corrected chi connectivity index (χ1v) is 9.68. The van der Waals surface area contributed by atoms with Gasteiger partial charge in [-0.15, -0.1) is 0 Å². The van der Waals surface area contributed by atoms with E-state index in [2.05, 4.69) is 25.2 Å². The quantitative estimate of drug-likeness (QED) is 0.788. The number of benzene rings is 1. The van der Waals surface area contributed by atoms with Crippen LogP contribution in [0.25, 0.3) is 5.69 Å². The molecular formula is C20H25N3O2S. The van der Waals surface area contributed by atoms with Gasteiger partial charge in [0, 0.05) is 11.4 Å². The molecule has 0 aliphatic rings. The smallest absolute Gasteiger partial charge is 0.235 e. The Labute approximate surface area is 159 Å². The zero-order valence-corrected chi connectivity index (χ0v) is 16.7. The van der Waals surface area contributed by atoms with Gasteiger partial charge in [-0.3, -0.25) is 9.36 Å². The lowest BCUT2D eigenvalue weighted by Gasteiger charge is -2.14. The van der Waals surface area contributed by atoms with Crippen molar-refractivity contribution in [2.45, 2.75) is 27.7 Å². The van der Waals surface area contributed by atoms with E-state index in [1.165, 1.54) is 0 Å². The van der Waals surface area contributed by atoms with Crippen LogP contribution in [0.5, 0.6) is 5.75 Å². The Balaban J connectivity index is 2.36. The van der Waals surface area contributed by atoms with Gasteiger partial charge in [0.1, 0.15) is 17.6 Å².